The van der Waals surface area contributed by atoms with Crippen LogP contribution in [0.25, 0.3) is 0 Å². The van der Waals surface area contributed by atoms with E-state index in [9.17, 15) is 0 Å². The lowest BCUT2D eigenvalue weighted by Gasteiger charge is -2.57. The number of allylic oxidation sites excluding steroid dienone is 2. The predicted octanol–water partition coefficient (Wildman–Crippen LogP) is 3.34. The second kappa shape index (κ2) is 2.63. The van der Waals surface area contributed by atoms with Crippen molar-refractivity contribution >= 4 is 0 Å². The number of hydrogen-bond acceptors (Lipinski definition) is 1. The topological polar surface area (TPSA) is 9.23 Å². The summed E-state index contributed by atoms with van der Waals surface area (Å²) in [5.41, 5.74) is 0.493. The van der Waals surface area contributed by atoms with E-state index >= 15 is 0 Å². The zero-order valence-electron chi connectivity index (χ0n) is 8.71. The largest absolute Gasteiger partial charge is 0.470 e. The molecule has 1 nitrogen and oxygen atoms in total. The van der Waals surface area contributed by atoms with Crippen LogP contribution in [0.3, 0.4) is 0 Å². The van der Waals surface area contributed by atoms with E-state index in [1.165, 1.54) is 6.42 Å². The van der Waals surface area contributed by atoms with Crippen LogP contribution in [0, 0.1) is 23.2 Å². The third-order valence-corrected chi connectivity index (χ3v) is 4.06. The first-order chi connectivity index (χ1) is 6.07. The van der Waals surface area contributed by atoms with Crippen molar-refractivity contribution in [3.8, 4) is 0 Å². The van der Waals surface area contributed by atoms with E-state index < -0.39 is 0 Å². The SMILES string of the molecule is C=COC1=C[C@H]2C[C@@H]([C@H]1C)C2(C)C. The molecule has 0 aromatic heterocycles. The highest BCUT2D eigenvalue weighted by Gasteiger charge is 2.53. The molecule has 3 atom stereocenters. The molecule has 1 fully saturated rings. The predicted molar refractivity (Wildman–Crippen MR) is 53.9 cm³/mol. The zero-order valence-corrected chi connectivity index (χ0v) is 8.71. The smallest absolute Gasteiger partial charge is 0.103 e. The highest BCUT2D eigenvalue weighted by molar-refractivity contribution is 5.20. The third kappa shape index (κ3) is 1.06. The van der Waals surface area contributed by atoms with Gasteiger partial charge in [-0.25, -0.2) is 0 Å². The number of ether oxygens (including phenoxy) is 1. The van der Waals surface area contributed by atoms with Gasteiger partial charge in [0.15, 0.2) is 0 Å². The highest BCUT2D eigenvalue weighted by Crippen LogP contribution is 2.60. The molecule has 0 heterocycles. The van der Waals surface area contributed by atoms with Gasteiger partial charge in [-0.05, 0) is 29.7 Å². The Balaban J connectivity index is 2.23. The van der Waals surface area contributed by atoms with Gasteiger partial charge < -0.3 is 4.74 Å². The van der Waals surface area contributed by atoms with Gasteiger partial charge in [-0.2, -0.15) is 0 Å². The molecule has 0 radical (unpaired) electrons. The minimum atomic E-state index is 0.493. The summed E-state index contributed by atoms with van der Waals surface area (Å²) >= 11 is 0. The highest BCUT2D eigenvalue weighted by atomic mass is 16.5. The van der Waals surface area contributed by atoms with Crippen LogP contribution in [0.4, 0.5) is 0 Å². The van der Waals surface area contributed by atoms with Gasteiger partial charge in [0.05, 0.1) is 6.26 Å². The summed E-state index contributed by atoms with van der Waals surface area (Å²) in [5, 5.41) is 0. The summed E-state index contributed by atoms with van der Waals surface area (Å²) in [7, 11) is 0. The Bertz CT molecular complexity index is 262. The summed E-state index contributed by atoms with van der Waals surface area (Å²) in [5.74, 6) is 3.23. The van der Waals surface area contributed by atoms with Crippen LogP contribution in [0.5, 0.6) is 0 Å². The molecule has 3 aliphatic carbocycles. The number of hydrogen-bond donors (Lipinski definition) is 0. The first-order valence-electron chi connectivity index (χ1n) is 5.06. The summed E-state index contributed by atoms with van der Waals surface area (Å²) in [4.78, 5) is 0. The van der Waals surface area contributed by atoms with Crippen molar-refractivity contribution in [3.05, 3.63) is 24.7 Å². The van der Waals surface area contributed by atoms with E-state index in [1.807, 2.05) is 0 Å². The molecule has 1 saturated carbocycles. The third-order valence-electron chi connectivity index (χ3n) is 4.06. The van der Waals surface area contributed by atoms with Gasteiger partial charge in [-0.1, -0.05) is 27.4 Å². The number of fused-ring (bicyclic) bond motifs is 1. The van der Waals surface area contributed by atoms with Crippen LogP contribution in [-0.4, -0.2) is 0 Å². The van der Waals surface area contributed by atoms with Crippen LogP contribution in [0.2, 0.25) is 0 Å². The van der Waals surface area contributed by atoms with Crippen LogP contribution in [0.1, 0.15) is 27.2 Å². The molecule has 0 aromatic rings. The maximum atomic E-state index is 5.41. The first kappa shape index (κ1) is 8.86. The van der Waals surface area contributed by atoms with Crippen molar-refractivity contribution in [2.24, 2.45) is 23.2 Å². The normalized spacial score (nSPS) is 40.2. The Kier molecular flexibility index (Phi) is 1.79. The quantitative estimate of drug-likeness (QED) is 0.589. The van der Waals surface area contributed by atoms with E-state index in [-0.39, 0.29) is 0 Å². The van der Waals surface area contributed by atoms with E-state index in [2.05, 4.69) is 33.4 Å². The molecule has 0 unspecified atom stereocenters. The average molecular weight is 178 g/mol. The molecule has 0 aliphatic heterocycles. The molecular formula is C12H18O. The molecular weight excluding hydrogens is 160 g/mol. The van der Waals surface area contributed by atoms with Gasteiger partial charge in [0.25, 0.3) is 0 Å². The van der Waals surface area contributed by atoms with E-state index in [0.717, 1.165) is 17.6 Å². The van der Waals surface area contributed by atoms with Crippen molar-refractivity contribution < 1.29 is 4.74 Å². The van der Waals surface area contributed by atoms with Gasteiger partial charge in [0.1, 0.15) is 5.76 Å². The van der Waals surface area contributed by atoms with Crippen LogP contribution in [0.15, 0.2) is 24.7 Å². The fourth-order valence-electron chi connectivity index (χ4n) is 2.92. The molecule has 13 heavy (non-hydrogen) atoms. The van der Waals surface area contributed by atoms with Gasteiger partial charge in [-0.15, -0.1) is 0 Å². The second-order valence-corrected chi connectivity index (χ2v) is 4.91. The summed E-state index contributed by atoms with van der Waals surface area (Å²) in [6, 6.07) is 0. The molecule has 2 bridgehead atoms. The van der Waals surface area contributed by atoms with E-state index in [1.54, 1.807) is 6.26 Å². The molecule has 0 saturated heterocycles. The van der Waals surface area contributed by atoms with E-state index in [0.29, 0.717) is 11.3 Å². The molecule has 3 aliphatic rings. The first-order valence-corrected chi connectivity index (χ1v) is 5.06. The Hall–Kier alpha value is -0.720. The molecule has 72 valence electrons. The van der Waals surface area contributed by atoms with Gasteiger partial charge in [0.2, 0.25) is 0 Å². The summed E-state index contributed by atoms with van der Waals surface area (Å²) in [6.07, 6.45) is 5.19. The monoisotopic (exact) mass is 178 g/mol. The molecule has 0 N–H and O–H groups in total. The van der Waals surface area contributed by atoms with Crippen LogP contribution in [-0.2, 0) is 4.74 Å². The Labute approximate surface area is 80.5 Å². The maximum absolute atomic E-state index is 5.41. The number of rotatable bonds is 2. The van der Waals surface area contributed by atoms with Crippen molar-refractivity contribution in [2.45, 2.75) is 27.2 Å². The maximum Gasteiger partial charge on any atom is 0.103 e. The molecule has 0 amide bonds. The molecule has 0 spiro atoms. The standard InChI is InChI=1S/C12H18O/c1-5-13-11-7-9-6-10(8(11)2)12(9,3)4/h5,7-10H,1,6H2,2-4H3/t8-,9-,10+/m1/s1. The fourth-order valence-corrected chi connectivity index (χ4v) is 2.92. The minimum Gasteiger partial charge on any atom is -0.470 e. The Morgan fingerprint density at radius 1 is 1.62 bits per heavy atom. The Morgan fingerprint density at radius 3 is 2.77 bits per heavy atom. The summed E-state index contributed by atoms with van der Waals surface area (Å²) in [6.45, 7) is 10.6. The lowest BCUT2D eigenvalue weighted by molar-refractivity contribution is -0.0477. The van der Waals surface area contributed by atoms with Gasteiger partial charge in [0, 0.05) is 5.92 Å². The lowest BCUT2D eigenvalue weighted by atomic mass is 9.48. The van der Waals surface area contributed by atoms with E-state index in [4.69, 9.17) is 4.74 Å². The fraction of sp³-hybridized carbons (Fsp3) is 0.667. The van der Waals surface area contributed by atoms with Crippen molar-refractivity contribution in [3.63, 3.8) is 0 Å². The summed E-state index contributed by atoms with van der Waals surface area (Å²) < 4.78 is 5.41. The Morgan fingerprint density at radius 2 is 2.31 bits per heavy atom. The molecule has 1 heteroatoms. The van der Waals surface area contributed by atoms with Crippen molar-refractivity contribution in [1.29, 1.82) is 0 Å². The van der Waals surface area contributed by atoms with Crippen LogP contribution < -0.4 is 0 Å². The lowest BCUT2D eigenvalue weighted by Crippen LogP contribution is -2.50. The second-order valence-electron chi connectivity index (χ2n) is 4.91. The van der Waals surface area contributed by atoms with Gasteiger partial charge >= 0.3 is 0 Å². The zero-order chi connectivity index (χ0) is 9.64. The van der Waals surface area contributed by atoms with Crippen molar-refractivity contribution in [1.82, 2.24) is 0 Å². The molecule has 0 aromatic carbocycles. The minimum absolute atomic E-state index is 0.493. The average Bonchev–Trinajstić information content (AvgIpc) is 2.08. The molecule has 3 rings (SSSR count). The van der Waals surface area contributed by atoms with Gasteiger partial charge in [-0.3, -0.25) is 0 Å². The van der Waals surface area contributed by atoms with Crippen molar-refractivity contribution in [2.75, 3.05) is 0 Å². The van der Waals surface area contributed by atoms with Crippen LogP contribution >= 0.6 is 0 Å².